The number of fused-ring (bicyclic) bond motifs is 1. The maximum atomic E-state index is 11.6. The summed E-state index contributed by atoms with van der Waals surface area (Å²) in [5.41, 5.74) is 0. The van der Waals surface area contributed by atoms with E-state index in [0.717, 1.165) is 31.7 Å². The summed E-state index contributed by atoms with van der Waals surface area (Å²) in [5.74, 6) is 0.885. The highest BCUT2D eigenvalue weighted by molar-refractivity contribution is 5.71. The van der Waals surface area contributed by atoms with Gasteiger partial charge in [-0.3, -0.25) is 9.69 Å². The lowest BCUT2D eigenvalue weighted by molar-refractivity contribution is -0.147. The second-order valence-corrected chi connectivity index (χ2v) is 7.07. The van der Waals surface area contributed by atoms with Crippen LogP contribution in [0.5, 0.6) is 0 Å². The van der Waals surface area contributed by atoms with Crippen molar-refractivity contribution in [2.24, 2.45) is 17.8 Å². The zero-order valence-electron chi connectivity index (χ0n) is 12.1. The highest BCUT2D eigenvalue weighted by atomic mass is 16.4. The molecule has 3 fully saturated rings. The van der Waals surface area contributed by atoms with Gasteiger partial charge in [0.15, 0.2) is 0 Å². The number of carboxylic acid groups (broad SMARTS) is 1. The highest BCUT2D eigenvalue weighted by Gasteiger charge is 2.44. The zero-order chi connectivity index (χ0) is 13.4. The lowest BCUT2D eigenvalue weighted by atomic mass is 9.76. The number of piperidine rings is 1. The van der Waals surface area contributed by atoms with Crippen LogP contribution in [0, 0.1) is 17.8 Å². The standard InChI is InChI=1S/C16H27NO2/c1-11-7-8-13(16(18)19)15(10-11)17-9-3-5-12-4-2-6-14(12)17/h11-15H,2-10H2,1H3,(H,18,19). The van der Waals surface area contributed by atoms with E-state index in [-0.39, 0.29) is 5.92 Å². The van der Waals surface area contributed by atoms with Gasteiger partial charge in [-0.25, -0.2) is 0 Å². The predicted octanol–water partition coefficient (Wildman–Crippen LogP) is 3.14. The van der Waals surface area contributed by atoms with Gasteiger partial charge >= 0.3 is 5.97 Å². The minimum Gasteiger partial charge on any atom is -0.481 e. The second kappa shape index (κ2) is 5.43. The fourth-order valence-corrected chi connectivity index (χ4v) is 4.91. The Morgan fingerprint density at radius 1 is 1.05 bits per heavy atom. The van der Waals surface area contributed by atoms with Crippen molar-refractivity contribution >= 4 is 5.97 Å². The van der Waals surface area contributed by atoms with Crippen molar-refractivity contribution in [2.75, 3.05) is 6.54 Å². The number of aliphatic carboxylic acids is 1. The summed E-state index contributed by atoms with van der Waals surface area (Å²) >= 11 is 0. The number of likely N-dealkylation sites (tertiary alicyclic amines) is 1. The Bertz CT molecular complexity index is 344. The molecule has 0 aromatic heterocycles. The van der Waals surface area contributed by atoms with Crippen LogP contribution in [0.2, 0.25) is 0 Å². The van der Waals surface area contributed by atoms with Gasteiger partial charge in [0.1, 0.15) is 0 Å². The van der Waals surface area contributed by atoms with Crippen molar-refractivity contribution in [3.8, 4) is 0 Å². The molecule has 1 aliphatic heterocycles. The molecule has 108 valence electrons. The van der Waals surface area contributed by atoms with E-state index >= 15 is 0 Å². The molecule has 0 spiro atoms. The Hall–Kier alpha value is -0.570. The average Bonchev–Trinajstić information content (AvgIpc) is 2.86. The molecule has 1 saturated heterocycles. The lowest BCUT2D eigenvalue weighted by Crippen LogP contribution is -2.54. The molecule has 5 atom stereocenters. The van der Waals surface area contributed by atoms with Crippen molar-refractivity contribution in [2.45, 2.75) is 70.4 Å². The molecule has 2 saturated carbocycles. The van der Waals surface area contributed by atoms with Gasteiger partial charge < -0.3 is 5.11 Å². The monoisotopic (exact) mass is 265 g/mol. The third-order valence-corrected chi connectivity index (χ3v) is 5.86. The number of hydrogen-bond donors (Lipinski definition) is 1. The van der Waals surface area contributed by atoms with Gasteiger partial charge in [-0.15, -0.1) is 0 Å². The minimum atomic E-state index is -0.558. The Balaban J connectivity index is 1.78. The van der Waals surface area contributed by atoms with Crippen molar-refractivity contribution in [3.05, 3.63) is 0 Å². The van der Waals surface area contributed by atoms with E-state index in [4.69, 9.17) is 0 Å². The molecule has 1 N–H and O–H groups in total. The van der Waals surface area contributed by atoms with E-state index < -0.39 is 5.97 Å². The van der Waals surface area contributed by atoms with Crippen LogP contribution in [-0.2, 0) is 4.79 Å². The topological polar surface area (TPSA) is 40.5 Å². The average molecular weight is 265 g/mol. The van der Waals surface area contributed by atoms with Crippen LogP contribution in [0.1, 0.15) is 58.3 Å². The third-order valence-electron chi connectivity index (χ3n) is 5.86. The zero-order valence-corrected chi connectivity index (χ0v) is 12.1. The van der Waals surface area contributed by atoms with Crippen molar-refractivity contribution in [1.29, 1.82) is 0 Å². The van der Waals surface area contributed by atoms with E-state index in [0.29, 0.717) is 18.0 Å². The molecule has 2 aliphatic carbocycles. The van der Waals surface area contributed by atoms with Crippen LogP contribution in [0.15, 0.2) is 0 Å². The maximum absolute atomic E-state index is 11.6. The van der Waals surface area contributed by atoms with Crippen LogP contribution < -0.4 is 0 Å². The summed E-state index contributed by atoms with van der Waals surface area (Å²) in [6, 6.07) is 1.01. The lowest BCUT2D eigenvalue weighted by Gasteiger charge is -2.47. The summed E-state index contributed by atoms with van der Waals surface area (Å²) in [5, 5.41) is 9.54. The summed E-state index contributed by atoms with van der Waals surface area (Å²) < 4.78 is 0. The number of hydrogen-bond acceptors (Lipinski definition) is 2. The van der Waals surface area contributed by atoms with Gasteiger partial charge in [-0.1, -0.05) is 13.3 Å². The first-order chi connectivity index (χ1) is 9.16. The molecule has 3 heteroatoms. The van der Waals surface area contributed by atoms with Crippen molar-refractivity contribution in [1.82, 2.24) is 4.90 Å². The summed E-state index contributed by atoms with van der Waals surface area (Å²) in [6.07, 6.45) is 9.76. The molecule has 0 bridgehead atoms. The number of carbonyl (C=O) groups is 1. The van der Waals surface area contributed by atoms with Gasteiger partial charge in [0.2, 0.25) is 0 Å². The van der Waals surface area contributed by atoms with E-state index in [1.807, 2.05) is 0 Å². The van der Waals surface area contributed by atoms with Crippen LogP contribution in [0.25, 0.3) is 0 Å². The quantitative estimate of drug-likeness (QED) is 0.834. The van der Waals surface area contributed by atoms with E-state index in [1.54, 1.807) is 0 Å². The molecule has 0 aromatic carbocycles. The first kappa shape index (κ1) is 13.4. The third kappa shape index (κ3) is 2.54. The van der Waals surface area contributed by atoms with Gasteiger partial charge in [0.25, 0.3) is 0 Å². The summed E-state index contributed by atoms with van der Waals surface area (Å²) in [7, 11) is 0. The molecule has 0 aromatic rings. The minimum absolute atomic E-state index is 0.115. The Labute approximate surface area is 116 Å². The van der Waals surface area contributed by atoms with Crippen molar-refractivity contribution in [3.63, 3.8) is 0 Å². The molecule has 3 rings (SSSR count). The molecule has 3 nitrogen and oxygen atoms in total. The van der Waals surface area contributed by atoms with E-state index in [9.17, 15) is 9.90 Å². The summed E-state index contributed by atoms with van der Waals surface area (Å²) in [6.45, 7) is 3.43. The van der Waals surface area contributed by atoms with E-state index in [2.05, 4.69) is 11.8 Å². The smallest absolute Gasteiger partial charge is 0.308 e. The van der Waals surface area contributed by atoms with Crippen LogP contribution in [-0.4, -0.2) is 34.6 Å². The molecule has 3 aliphatic rings. The van der Waals surface area contributed by atoms with Gasteiger partial charge in [-0.2, -0.15) is 0 Å². The first-order valence-electron chi connectivity index (χ1n) is 8.15. The molecule has 5 unspecified atom stereocenters. The SMILES string of the molecule is CC1CCC(C(=O)O)C(N2CCCC3CCCC32)C1. The normalized spacial score (nSPS) is 43.9. The maximum Gasteiger partial charge on any atom is 0.308 e. The van der Waals surface area contributed by atoms with Crippen LogP contribution in [0.3, 0.4) is 0 Å². The first-order valence-corrected chi connectivity index (χ1v) is 8.15. The molecule has 0 radical (unpaired) electrons. The molecular formula is C16H27NO2. The number of nitrogens with zero attached hydrogens (tertiary/aromatic N) is 1. The second-order valence-electron chi connectivity index (χ2n) is 7.07. The molecule has 0 amide bonds. The Morgan fingerprint density at radius 3 is 2.63 bits per heavy atom. The number of carboxylic acids is 1. The fourth-order valence-electron chi connectivity index (χ4n) is 4.91. The Morgan fingerprint density at radius 2 is 1.84 bits per heavy atom. The molecule has 19 heavy (non-hydrogen) atoms. The highest BCUT2D eigenvalue weighted by Crippen LogP contribution is 2.42. The van der Waals surface area contributed by atoms with Crippen molar-refractivity contribution < 1.29 is 9.90 Å². The molecular weight excluding hydrogens is 238 g/mol. The van der Waals surface area contributed by atoms with Crippen LogP contribution >= 0.6 is 0 Å². The Kier molecular flexibility index (Phi) is 3.84. The van der Waals surface area contributed by atoms with Gasteiger partial charge in [0, 0.05) is 12.1 Å². The van der Waals surface area contributed by atoms with Gasteiger partial charge in [0.05, 0.1) is 5.92 Å². The van der Waals surface area contributed by atoms with E-state index in [1.165, 1.54) is 32.1 Å². The molecule has 1 heterocycles. The number of rotatable bonds is 2. The largest absolute Gasteiger partial charge is 0.481 e. The fraction of sp³-hybridized carbons (Fsp3) is 0.938. The summed E-state index contributed by atoms with van der Waals surface area (Å²) in [4.78, 5) is 14.2. The van der Waals surface area contributed by atoms with Gasteiger partial charge in [-0.05, 0) is 63.3 Å². The van der Waals surface area contributed by atoms with Crippen LogP contribution in [0.4, 0.5) is 0 Å². The predicted molar refractivity (Wildman–Crippen MR) is 75.0 cm³/mol.